The van der Waals surface area contributed by atoms with Gasteiger partial charge in [0.2, 0.25) is 21.8 Å². The lowest BCUT2D eigenvalue weighted by molar-refractivity contribution is -0.139. The lowest BCUT2D eigenvalue weighted by atomic mass is 10.1. The van der Waals surface area contributed by atoms with Crippen LogP contribution in [-0.2, 0) is 26.2 Å². The van der Waals surface area contributed by atoms with Gasteiger partial charge in [0.25, 0.3) is 0 Å². The first-order chi connectivity index (χ1) is 14.8. The van der Waals surface area contributed by atoms with Gasteiger partial charge in [0, 0.05) is 13.6 Å². The topological polar surface area (TPSA) is 86.8 Å². The Balaban J connectivity index is 2.42. The first-order valence-corrected chi connectivity index (χ1v) is 12.5. The summed E-state index contributed by atoms with van der Waals surface area (Å²) in [5, 5.41) is 3.21. The molecule has 0 saturated carbocycles. The van der Waals surface area contributed by atoms with Gasteiger partial charge in [-0.05, 0) is 61.7 Å². The summed E-state index contributed by atoms with van der Waals surface area (Å²) in [5.74, 6) is -0.911. The molecule has 0 aliphatic heterocycles. The maximum absolute atomic E-state index is 13.3. The standard InChI is InChI=1S/C22H27Cl2N3O4S/c1-14-6-8-18(10-15(14)2)27(32(5,30)31)13-21(28)26(16(3)22(29)25-4)12-17-7-9-19(23)20(24)11-17/h6-11,16H,12-13H2,1-5H3,(H,25,29). The zero-order chi connectivity index (χ0) is 24.2. The third-order valence-electron chi connectivity index (χ3n) is 5.21. The fourth-order valence-corrected chi connectivity index (χ4v) is 4.28. The molecule has 2 aromatic rings. The maximum atomic E-state index is 13.3. The van der Waals surface area contributed by atoms with E-state index in [-0.39, 0.29) is 12.5 Å². The Hall–Kier alpha value is -2.29. The van der Waals surface area contributed by atoms with Crippen molar-refractivity contribution in [3.05, 3.63) is 63.1 Å². The number of sulfonamides is 1. The number of benzene rings is 2. The SMILES string of the molecule is CNC(=O)C(C)N(Cc1ccc(Cl)c(Cl)c1)C(=O)CN(c1ccc(C)c(C)c1)S(C)(=O)=O. The number of anilines is 1. The van der Waals surface area contributed by atoms with Crippen LogP contribution in [0.5, 0.6) is 0 Å². The van der Waals surface area contributed by atoms with Gasteiger partial charge in [-0.2, -0.15) is 0 Å². The smallest absolute Gasteiger partial charge is 0.244 e. The minimum Gasteiger partial charge on any atom is -0.357 e. The van der Waals surface area contributed by atoms with Gasteiger partial charge >= 0.3 is 0 Å². The van der Waals surface area contributed by atoms with E-state index in [0.29, 0.717) is 21.3 Å². The number of hydrogen-bond acceptors (Lipinski definition) is 4. The van der Waals surface area contributed by atoms with Gasteiger partial charge in [-0.3, -0.25) is 13.9 Å². The van der Waals surface area contributed by atoms with Crippen LogP contribution >= 0.6 is 23.2 Å². The zero-order valence-corrected chi connectivity index (χ0v) is 21.0. The molecule has 0 radical (unpaired) electrons. The molecule has 0 heterocycles. The summed E-state index contributed by atoms with van der Waals surface area (Å²) in [6, 6.07) is 9.24. The third-order valence-corrected chi connectivity index (χ3v) is 7.09. The Labute approximate surface area is 199 Å². The van der Waals surface area contributed by atoms with E-state index in [1.54, 1.807) is 43.3 Å². The average molecular weight is 500 g/mol. The molecule has 2 aromatic carbocycles. The summed E-state index contributed by atoms with van der Waals surface area (Å²) in [7, 11) is -2.30. The number of aryl methyl sites for hydroxylation is 2. The molecular weight excluding hydrogens is 473 g/mol. The van der Waals surface area contributed by atoms with E-state index >= 15 is 0 Å². The third kappa shape index (κ3) is 6.37. The van der Waals surface area contributed by atoms with Gasteiger partial charge in [0.05, 0.1) is 22.0 Å². The summed E-state index contributed by atoms with van der Waals surface area (Å²) in [6.07, 6.45) is 1.04. The van der Waals surface area contributed by atoms with Crippen LogP contribution in [0.15, 0.2) is 36.4 Å². The van der Waals surface area contributed by atoms with Crippen LogP contribution in [0.3, 0.4) is 0 Å². The largest absolute Gasteiger partial charge is 0.357 e. The molecule has 174 valence electrons. The van der Waals surface area contributed by atoms with Gasteiger partial charge in [0.1, 0.15) is 12.6 Å². The summed E-state index contributed by atoms with van der Waals surface area (Å²) in [5.41, 5.74) is 2.93. The normalized spacial score (nSPS) is 12.2. The molecule has 7 nitrogen and oxygen atoms in total. The Morgan fingerprint density at radius 2 is 1.69 bits per heavy atom. The molecule has 0 aliphatic carbocycles. The van der Waals surface area contributed by atoms with Crippen molar-refractivity contribution in [2.45, 2.75) is 33.4 Å². The number of likely N-dealkylation sites (N-methyl/N-ethyl adjacent to an activating group) is 1. The van der Waals surface area contributed by atoms with E-state index < -0.39 is 28.5 Å². The van der Waals surface area contributed by atoms with Gasteiger partial charge in [-0.25, -0.2) is 8.42 Å². The highest BCUT2D eigenvalue weighted by Gasteiger charge is 2.29. The highest BCUT2D eigenvalue weighted by molar-refractivity contribution is 7.92. The van der Waals surface area contributed by atoms with Crippen molar-refractivity contribution >= 4 is 50.7 Å². The molecule has 10 heteroatoms. The summed E-state index contributed by atoms with van der Waals surface area (Å²) in [4.78, 5) is 27.0. The van der Waals surface area contributed by atoms with E-state index in [4.69, 9.17) is 23.2 Å². The monoisotopic (exact) mass is 499 g/mol. The minimum atomic E-state index is -3.77. The molecule has 0 bridgehead atoms. The van der Waals surface area contributed by atoms with Crippen LogP contribution in [0, 0.1) is 13.8 Å². The first-order valence-electron chi connectivity index (χ1n) is 9.85. The number of halogens is 2. The van der Waals surface area contributed by atoms with Crippen molar-refractivity contribution in [2.24, 2.45) is 0 Å². The van der Waals surface area contributed by atoms with Crippen LogP contribution in [0.4, 0.5) is 5.69 Å². The summed E-state index contributed by atoms with van der Waals surface area (Å²) < 4.78 is 26.1. The molecule has 0 fully saturated rings. The predicted octanol–water partition coefficient (Wildman–Crippen LogP) is 3.54. The second-order valence-corrected chi connectivity index (χ2v) is 10.3. The molecule has 2 rings (SSSR count). The minimum absolute atomic E-state index is 0.0504. The molecule has 0 aromatic heterocycles. The fourth-order valence-electron chi connectivity index (χ4n) is 3.12. The molecule has 1 atom stereocenters. The molecule has 1 unspecified atom stereocenters. The van der Waals surface area contributed by atoms with Crippen LogP contribution < -0.4 is 9.62 Å². The van der Waals surface area contributed by atoms with Gasteiger partial charge < -0.3 is 10.2 Å². The van der Waals surface area contributed by atoms with Crippen molar-refractivity contribution < 1.29 is 18.0 Å². The number of hydrogen-bond donors (Lipinski definition) is 1. The highest BCUT2D eigenvalue weighted by Crippen LogP contribution is 2.25. The number of nitrogens with one attached hydrogen (secondary N) is 1. The van der Waals surface area contributed by atoms with E-state index in [1.807, 2.05) is 13.8 Å². The lowest BCUT2D eigenvalue weighted by Gasteiger charge is -2.31. The molecule has 2 amide bonds. The molecule has 0 saturated heterocycles. The maximum Gasteiger partial charge on any atom is 0.244 e. The Bertz CT molecular complexity index is 1120. The van der Waals surface area contributed by atoms with E-state index in [2.05, 4.69) is 5.32 Å². The quantitative estimate of drug-likeness (QED) is 0.601. The number of nitrogens with zero attached hydrogens (tertiary/aromatic N) is 2. The van der Waals surface area contributed by atoms with Gasteiger partial charge in [-0.15, -0.1) is 0 Å². The predicted molar refractivity (Wildman–Crippen MR) is 129 cm³/mol. The van der Waals surface area contributed by atoms with E-state index in [9.17, 15) is 18.0 Å². The number of carbonyl (C=O) groups excluding carboxylic acids is 2. The van der Waals surface area contributed by atoms with Crippen molar-refractivity contribution in [1.82, 2.24) is 10.2 Å². The molecule has 0 spiro atoms. The van der Waals surface area contributed by atoms with Crippen molar-refractivity contribution in [3.63, 3.8) is 0 Å². The first kappa shape index (κ1) is 26.0. The van der Waals surface area contributed by atoms with Crippen molar-refractivity contribution in [2.75, 3.05) is 24.2 Å². The van der Waals surface area contributed by atoms with Gasteiger partial charge in [-0.1, -0.05) is 35.3 Å². The molecule has 32 heavy (non-hydrogen) atoms. The average Bonchev–Trinajstić information content (AvgIpc) is 2.72. The zero-order valence-electron chi connectivity index (χ0n) is 18.6. The van der Waals surface area contributed by atoms with Crippen LogP contribution in [0.2, 0.25) is 10.0 Å². The number of rotatable bonds is 8. The highest BCUT2D eigenvalue weighted by atomic mass is 35.5. The van der Waals surface area contributed by atoms with Crippen LogP contribution in [0.1, 0.15) is 23.6 Å². The second-order valence-electron chi connectivity index (χ2n) is 7.60. The van der Waals surface area contributed by atoms with Crippen LogP contribution in [0.25, 0.3) is 0 Å². The van der Waals surface area contributed by atoms with E-state index in [1.165, 1.54) is 11.9 Å². The molecular formula is C22H27Cl2N3O4S. The Morgan fingerprint density at radius 1 is 1.03 bits per heavy atom. The fraction of sp³-hybridized carbons (Fsp3) is 0.364. The second kappa shape index (κ2) is 10.6. The van der Waals surface area contributed by atoms with Crippen LogP contribution in [-0.4, -0.2) is 51.0 Å². The molecule has 0 aliphatic rings. The number of amides is 2. The lowest BCUT2D eigenvalue weighted by Crippen LogP contribution is -2.50. The summed E-state index contributed by atoms with van der Waals surface area (Å²) >= 11 is 12.1. The number of carbonyl (C=O) groups is 2. The van der Waals surface area contributed by atoms with Crippen molar-refractivity contribution in [3.8, 4) is 0 Å². The van der Waals surface area contributed by atoms with E-state index in [0.717, 1.165) is 21.7 Å². The Kier molecular flexibility index (Phi) is 8.56. The van der Waals surface area contributed by atoms with Crippen molar-refractivity contribution in [1.29, 1.82) is 0 Å². The summed E-state index contributed by atoms with van der Waals surface area (Å²) in [6.45, 7) is 4.96. The Morgan fingerprint density at radius 3 is 2.22 bits per heavy atom. The van der Waals surface area contributed by atoms with Gasteiger partial charge in [0.15, 0.2) is 0 Å². The molecule has 1 N–H and O–H groups in total.